The third-order valence-corrected chi connectivity index (χ3v) is 5.23. The van der Waals surface area contributed by atoms with Gasteiger partial charge in [0.2, 0.25) is 0 Å². The quantitative estimate of drug-likeness (QED) is 0.864. The van der Waals surface area contributed by atoms with Gasteiger partial charge in [0.05, 0.1) is 0 Å². The number of rotatable bonds is 5. The molecular formula is C17H27BrN2. The van der Waals surface area contributed by atoms with E-state index in [2.05, 4.69) is 52.0 Å². The summed E-state index contributed by atoms with van der Waals surface area (Å²) in [5.74, 6) is 0.919. The van der Waals surface area contributed by atoms with Crippen molar-refractivity contribution in [3.05, 3.63) is 34.3 Å². The van der Waals surface area contributed by atoms with Crippen LogP contribution in [0.2, 0.25) is 0 Å². The number of benzene rings is 1. The van der Waals surface area contributed by atoms with E-state index in [1.165, 1.54) is 55.2 Å². The lowest BCUT2D eigenvalue weighted by molar-refractivity contribution is 0.206. The minimum atomic E-state index is 0.353. The zero-order valence-corrected chi connectivity index (χ0v) is 14.1. The van der Waals surface area contributed by atoms with Crippen LogP contribution in [0.1, 0.15) is 50.6 Å². The summed E-state index contributed by atoms with van der Waals surface area (Å²) in [6, 6.07) is 8.86. The highest BCUT2D eigenvalue weighted by Crippen LogP contribution is 2.30. The van der Waals surface area contributed by atoms with E-state index in [1.54, 1.807) is 0 Å². The Labute approximate surface area is 131 Å². The Balaban J connectivity index is 2.06. The molecule has 0 amide bonds. The second-order valence-electron chi connectivity index (χ2n) is 5.89. The number of hydrogen-bond donors (Lipinski definition) is 1. The number of nitrogens with two attached hydrogens (primary N) is 1. The first-order valence-corrected chi connectivity index (χ1v) is 8.74. The smallest absolute Gasteiger partial charge is 0.0481 e. The first-order valence-electron chi connectivity index (χ1n) is 7.94. The van der Waals surface area contributed by atoms with Crippen LogP contribution in [-0.4, -0.2) is 24.5 Å². The van der Waals surface area contributed by atoms with Gasteiger partial charge in [0, 0.05) is 17.1 Å². The highest BCUT2D eigenvalue weighted by atomic mass is 79.9. The van der Waals surface area contributed by atoms with Crippen LogP contribution in [0.5, 0.6) is 0 Å². The van der Waals surface area contributed by atoms with Crippen molar-refractivity contribution in [3.8, 4) is 0 Å². The van der Waals surface area contributed by atoms with Gasteiger partial charge in [-0.1, -0.05) is 53.9 Å². The van der Waals surface area contributed by atoms with Crippen LogP contribution < -0.4 is 5.73 Å². The summed E-state index contributed by atoms with van der Waals surface area (Å²) in [4.78, 5) is 2.59. The summed E-state index contributed by atoms with van der Waals surface area (Å²) in [6.07, 6.45) is 6.73. The van der Waals surface area contributed by atoms with Gasteiger partial charge in [-0.2, -0.15) is 0 Å². The van der Waals surface area contributed by atoms with E-state index in [-0.39, 0.29) is 0 Å². The molecule has 1 saturated heterocycles. The van der Waals surface area contributed by atoms with Gasteiger partial charge < -0.3 is 5.73 Å². The molecule has 3 heteroatoms. The predicted molar refractivity (Wildman–Crippen MR) is 89.8 cm³/mol. The van der Waals surface area contributed by atoms with Gasteiger partial charge in [-0.3, -0.25) is 4.90 Å². The maximum absolute atomic E-state index is 6.09. The van der Waals surface area contributed by atoms with Gasteiger partial charge in [0.1, 0.15) is 0 Å². The van der Waals surface area contributed by atoms with E-state index >= 15 is 0 Å². The lowest BCUT2D eigenvalue weighted by Crippen LogP contribution is -2.34. The highest BCUT2D eigenvalue weighted by molar-refractivity contribution is 9.10. The molecule has 20 heavy (non-hydrogen) atoms. The molecule has 2 atom stereocenters. The lowest BCUT2D eigenvalue weighted by atomic mass is 9.96. The average Bonchev–Trinajstić information content (AvgIpc) is 2.68. The van der Waals surface area contributed by atoms with Crippen LogP contribution in [0.4, 0.5) is 0 Å². The van der Waals surface area contributed by atoms with Crippen molar-refractivity contribution >= 4 is 15.9 Å². The third-order valence-electron chi connectivity index (χ3n) is 4.51. The fraction of sp³-hybridized carbons (Fsp3) is 0.647. The van der Waals surface area contributed by atoms with Crippen LogP contribution in [-0.2, 0) is 0 Å². The fourth-order valence-corrected chi connectivity index (χ4v) is 3.96. The number of hydrogen-bond acceptors (Lipinski definition) is 2. The standard InChI is InChI=1S/C17H27BrN2/c1-2-6-14-7-5-11-20(12-10-14)17(13-19)15-8-3-4-9-16(15)18/h3-4,8-9,14,17H,2,5-7,10-13,19H2,1H3. The Morgan fingerprint density at radius 2 is 2.10 bits per heavy atom. The summed E-state index contributed by atoms with van der Waals surface area (Å²) in [5.41, 5.74) is 7.42. The van der Waals surface area contributed by atoms with Crippen LogP contribution in [0.3, 0.4) is 0 Å². The lowest BCUT2D eigenvalue weighted by Gasteiger charge is -2.30. The molecule has 1 aromatic carbocycles. The molecule has 2 N–H and O–H groups in total. The van der Waals surface area contributed by atoms with Crippen molar-refractivity contribution in [2.45, 2.75) is 45.1 Å². The molecule has 1 fully saturated rings. The van der Waals surface area contributed by atoms with Crippen LogP contribution >= 0.6 is 15.9 Å². The molecule has 0 aliphatic carbocycles. The summed E-state index contributed by atoms with van der Waals surface area (Å²) in [6.45, 7) is 5.37. The van der Waals surface area contributed by atoms with E-state index in [9.17, 15) is 0 Å². The van der Waals surface area contributed by atoms with Crippen LogP contribution in [0.25, 0.3) is 0 Å². The Bertz CT molecular complexity index is 408. The number of likely N-dealkylation sites (tertiary alicyclic amines) is 1. The van der Waals surface area contributed by atoms with E-state index in [0.717, 1.165) is 5.92 Å². The molecule has 0 spiro atoms. The van der Waals surface area contributed by atoms with E-state index < -0.39 is 0 Å². The molecule has 0 radical (unpaired) electrons. The molecule has 112 valence electrons. The fourth-order valence-electron chi connectivity index (χ4n) is 3.41. The normalized spacial score (nSPS) is 22.4. The van der Waals surface area contributed by atoms with Gasteiger partial charge >= 0.3 is 0 Å². The molecule has 2 unspecified atom stereocenters. The minimum absolute atomic E-state index is 0.353. The van der Waals surface area contributed by atoms with E-state index in [1.807, 2.05) is 0 Å². The highest BCUT2D eigenvalue weighted by Gasteiger charge is 2.24. The number of nitrogens with zero attached hydrogens (tertiary/aromatic N) is 1. The molecule has 1 heterocycles. The Hall–Kier alpha value is -0.380. The van der Waals surface area contributed by atoms with Gasteiger partial charge in [-0.25, -0.2) is 0 Å². The molecule has 0 saturated carbocycles. The van der Waals surface area contributed by atoms with Crippen LogP contribution in [0, 0.1) is 5.92 Å². The monoisotopic (exact) mass is 338 g/mol. The summed E-state index contributed by atoms with van der Waals surface area (Å²) in [5, 5.41) is 0. The van der Waals surface area contributed by atoms with Gasteiger partial charge in [-0.05, 0) is 49.9 Å². The van der Waals surface area contributed by atoms with Crippen molar-refractivity contribution < 1.29 is 0 Å². The SMILES string of the molecule is CCCC1CCCN(C(CN)c2ccccc2Br)CC1. The van der Waals surface area contributed by atoms with E-state index in [0.29, 0.717) is 12.6 Å². The van der Waals surface area contributed by atoms with Crippen molar-refractivity contribution in [3.63, 3.8) is 0 Å². The summed E-state index contributed by atoms with van der Waals surface area (Å²) >= 11 is 3.68. The van der Waals surface area contributed by atoms with E-state index in [4.69, 9.17) is 5.73 Å². The minimum Gasteiger partial charge on any atom is -0.329 e. The zero-order valence-electron chi connectivity index (χ0n) is 12.5. The number of halogens is 1. The van der Waals surface area contributed by atoms with Crippen LogP contribution in [0.15, 0.2) is 28.7 Å². The second kappa shape index (κ2) is 8.16. The topological polar surface area (TPSA) is 29.3 Å². The molecule has 2 rings (SSSR count). The third kappa shape index (κ3) is 4.06. The Kier molecular flexibility index (Phi) is 6.53. The molecule has 1 aliphatic heterocycles. The molecule has 1 aromatic rings. The van der Waals surface area contributed by atoms with Crippen molar-refractivity contribution in [1.29, 1.82) is 0 Å². The average molecular weight is 339 g/mol. The summed E-state index contributed by atoms with van der Waals surface area (Å²) < 4.78 is 1.19. The maximum Gasteiger partial charge on any atom is 0.0481 e. The Morgan fingerprint density at radius 3 is 2.80 bits per heavy atom. The molecule has 1 aliphatic rings. The molecule has 0 aromatic heterocycles. The van der Waals surface area contributed by atoms with Gasteiger partial charge in [-0.15, -0.1) is 0 Å². The van der Waals surface area contributed by atoms with Gasteiger partial charge in [0.25, 0.3) is 0 Å². The largest absolute Gasteiger partial charge is 0.329 e. The van der Waals surface area contributed by atoms with Crippen molar-refractivity contribution in [2.24, 2.45) is 11.7 Å². The first-order chi connectivity index (χ1) is 9.76. The maximum atomic E-state index is 6.09. The van der Waals surface area contributed by atoms with Gasteiger partial charge in [0.15, 0.2) is 0 Å². The van der Waals surface area contributed by atoms with Crippen molar-refractivity contribution in [1.82, 2.24) is 4.90 Å². The Morgan fingerprint density at radius 1 is 1.30 bits per heavy atom. The summed E-state index contributed by atoms with van der Waals surface area (Å²) in [7, 11) is 0. The second-order valence-corrected chi connectivity index (χ2v) is 6.75. The predicted octanol–water partition coefficient (Wildman–Crippen LogP) is 4.35. The molecule has 0 bridgehead atoms. The van der Waals surface area contributed by atoms with Crippen molar-refractivity contribution in [2.75, 3.05) is 19.6 Å². The molecule has 2 nitrogen and oxygen atoms in total. The zero-order chi connectivity index (χ0) is 14.4. The first kappa shape index (κ1) is 16.0. The molecular weight excluding hydrogens is 312 g/mol.